The van der Waals surface area contributed by atoms with Gasteiger partial charge in [0.25, 0.3) is 5.91 Å². The molecular formula is C20H17F5N4O2. The number of alkyl halides is 3. The van der Waals surface area contributed by atoms with Crippen molar-refractivity contribution in [2.24, 2.45) is 0 Å². The van der Waals surface area contributed by atoms with E-state index in [0.29, 0.717) is 6.07 Å². The van der Waals surface area contributed by atoms with Crippen LogP contribution in [-0.2, 0) is 18.3 Å². The number of amides is 1. The van der Waals surface area contributed by atoms with Gasteiger partial charge in [-0.05, 0) is 37.3 Å². The second-order valence-electron chi connectivity index (χ2n) is 6.91. The summed E-state index contributed by atoms with van der Waals surface area (Å²) in [5.74, 6) is -2.69. The van der Waals surface area contributed by atoms with E-state index in [0.717, 1.165) is 36.4 Å². The third-order valence-corrected chi connectivity index (χ3v) is 4.81. The molecule has 1 heterocycles. The van der Waals surface area contributed by atoms with Gasteiger partial charge in [0.2, 0.25) is 0 Å². The van der Waals surface area contributed by atoms with Crippen LogP contribution < -0.4 is 5.32 Å². The first-order chi connectivity index (χ1) is 14.5. The van der Waals surface area contributed by atoms with Gasteiger partial charge >= 0.3 is 6.18 Å². The highest BCUT2D eigenvalue weighted by molar-refractivity contribution is 5.94. The van der Waals surface area contributed by atoms with Crippen molar-refractivity contribution in [3.8, 4) is 0 Å². The van der Waals surface area contributed by atoms with Crippen LogP contribution in [-0.4, -0.2) is 31.8 Å². The van der Waals surface area contributed by atoms with Crippen molar-refractivity contribution >= 4 is 5.91 Å². The molecule has 6 nitrogen and oxygen atoms in total. The zero-order chi connectivity index (χ0) is 22.8. The van der Waals surface area contributed by atoms with E-state index in [2.05, 4.69) is 15.4 Å². The zero-order valence-corrected chi connectivity index (χ0v) is 16.1. The number of carbonyl (C=O) groups is 1. The summed E-state index contributed by atoms with van der Waals surface area (Å²) >= 11 is 0. The summed E-state index contributed by atoms with van der Waals surface area (Å²) < 4.78 is 67.2. The summed E-state index contributed by atoms with van der Waals surface area (Å²) in [7, 11) is 0. The highest BCUT2D eigenvalue weighted by Crippen LogP contribution is 2.31. The molecular weight excluding hydrogens is 423 g/mol. The number of benzene rings is 2. The van der Waals surface area contributed by atoms with E-state index in [4.69, 9.17) is 0 Å². The maximum Gasteiger partial charge on any atom is 0.416 e. The molecule has 0 saturated carbocycles. The molecule has 2 N–H and O–H groups in total. The molecule has 164 valence electrons. The van der Waals surface area contributed by atoms with Crippen LogP contribution in [0.1, 0.15) is 28.4 Å². The number of hydrogen-bond acceptors (Lipinski definition) is 4. The molecule has 2 aromatic carbocycles. The first kappa shape index (κ1) is 22.3. The van der Waals surface area contributed by atoms with Crippen molar-refractivity contribution in [2.45, 2.75) is 31.3 Å². The van der Waals surface area contributed by atoms with Crippen molar-refractivity contribution in [1.82, 2.24) is 20.1 Å². The van der Waals surface area contributed by atoms with Crippen LogP contribution in [0, 0.1) is 11.6 Å². The molecule has 1 amide bonds. The summed E-state index contributed by atoms with van der Waals surface area (Å²) in [6, 6.07) is 4.90. The van der Waals surface area contributed by atoms with Crippen LogP contribution in [0.5, 0.6) is 0 Å². The Kier molecular flexibility index (Phi) is 6.07. The average molecular weight is 440 g/mol. The number of hydrogen-bond donors (Lipinski definition) is 2. The highest BCUT2D eigenvalue weighted by Gasteiger charge is 2.40. The predicted molar refractivity (Wildman–Crippen MR) is 98.6 cm³/mol. The van der Waals surface area contributed by atoms with E-state index < -0.39 is 40.9 Å². The Morgan fingerprint density at radius 3 is 2.39 bits per heavy atom. The molecule has 0 radical (unpaired) electrons. The maximum atomic E-state index is 14.5. The number of nitrogens with zero attached hydrogens (tertiary/aromatic N) is 3. The molecule has 0 spiro atoms. The van der Waals surface area contributed by atoms with Crippen molar-refractivity contribution in [3.05, 3.63) is 83.4 Å². The Morgan fingerprint density at radius 2 is 1.84 bits per heavy atom. The van der Waals surface area contributed by atoms with Gasteiger partial charge in [0.1, 0.15) is 29.9 Å². The van der Waals surface area contributed by atoms with Gasteiger partial charge in [-0.3, -0.25) is 4.79 Å². The summed E-state index contributed by atoms with van der Waals surface area (Å²) in [5.41, 5.74) is -3.41. The SMILES string of the molecule is C[C@H](NC(=O)c1ccc(C(F)(F)F)cc1)[C@@](O)(Cn1cncn1)c1ccc(F)cc1F. The summed E-state index contributed by atoms with van der Waals surface area (Å²) in [6.07, 6.45) is -2.11. The van der Waals surface area contributed by atoms with Crippen LogP contribution in [0.4, 0.5) is 22.0 Å². The van der Waals surface area contributed by atoms with E-state index in [9.17, 15) is 31.9 Å². The van der Waals surface area contributed by atoms with E-state index in [1.165, 1.54) is 24.3 Å². The Hall–Kier alpha value is -3.34. The quantitative estimate of drug-likeness (QED) is 0.577. The van der Waals surface area contributed by atoms with Gasteiger partial charge in [0.15, 0.2) is 0 Å². The highest BCUT2D eigenvalue weighted by atomic mass is 19.4. The molecule has 3 rings (SSSR count). The maximum absolute atomic E-state index is 14.5. The summed E-state index contributed by atoms with van der Waals surface area (Å²) in [5, 5.41) is 17.6. The molecule has 31 heavy (non-hydrogen) atoms. The van der Waals surface area contributed by atoms with E-state index in [-0.39, 0.29) is 17.7 Å². The molecule has 0 fully saturated rings. The monoisotopic (exact) mass is 440 g/mol. The smallest absolute Gasteiger partial charge is 0.381 e. The Balaban J connectivity index is 1.89. The minimum atomic E-state index is -4.56. The van der Waals surface area contributed by atoms with Crippen molar-refractivity contribution in [1.29, 1.82) is 0 Å². The van der Waals surface area contributed by atoms with Crippen molar-refractivity contribution in [2.75, 3.05) is 0 Å². The van der Waals surface area contributed by atoms with Gasteiger partial charge < -0.3 is 10.4 Å². The number of halogens is 5. The number of carbonyl (C=O) groups excluding carboxylic acids is 1. The van der Waals surface area contributed by atoms with Gasteiger partial charge in [-0.1, -0.05) is 6.07 Å². The van der Waals surface area contributed by atoms with Crippen LogP contribution >= 0.6 is 0 Å². The standard InChI is InChI=1S/C20H17F5N4O2/c1-12(28-18(30)13-2-4-14(5-3-13)20(23,24)25)19(31,9-29-11-26-10-27-29)16-7-6-15(21)8-17(16)22/h2-8,10-12,31H,9H2,1H3,(H,28,30)/t12-,19-/m0/s1. The number of aliphatic hydroxyl groups is 1. The van der Waals surface area contributed by atoms with E-state index >= 15 is 0 Å². The van der Waals surface area contributed by atoms with Gasteiger partial charge in [-0.25, -0.2) is 18.4 Å². The fourth-order valence-electron chi connectivity index (χ4n) is 3.07. The molecule has 1 aromatic heterocycles. The number of rotatable bonds is 6. The second-order valence-corrected chi connectivity index (χ2v) is 6.91. The molecule has 3 aromatic rings. The normalized spacial score (nSPS) is 14.7. The first-order valence-electron chi connectivity index (χ1n) is 8.99. The fraction of sp³-hybridized carbons (Fsp3) is 0.250. The van der Waals surface area contributed by atoms with Gasteiger partial charge in [0.05, 0.1) is 18.2 Å². The molecule has 11 heteroatoms. The molecule has 2 atom stereocenters. The average Bonchev–Trinajstić information content (AvgIpc) is 3.19. The minimum Gasteiger partial charge on any atom is -0.381 e. The fourth-order valence-corrected chi connectivity index (χ4v) is 3.07. The van der Waals surface area contributed by atoms with Crippen LogP contribution in [0.25, 0.3) is 0 Å². The minimum absolute atomic E-state index is 0.0949. The molecule has 0 unspecified atom stereocenters. The first-order valence-corrected chi connectivity index (χ1v) is 8.99. The van der Waals surface area contributed by atoms with Crippen LogP contribution in [0.15, 0.2) is 55.1 Å². The second kappa shape index (κ2) is 8.42. The Bertz CT molecular complexity index is 1050. The molecule has 0 aliphatic rings. The lowest BCUT2D eigenvalue weighted by Gasteiger charge is -2.35. The lowest BCUT2D eigenvalue weighted by atomic mass is 9.86. The lowest BCUT2D eigenvalue weighted by molar-refractivity contribution is -0.137. The number of nitrogens with one attached hydrogen (secondary N) is 1. The van der Waals surface area contributed by atoms with Crippen molar-refractivity contribution < 1.29 is 31.9 Å². The summed E-state index contributed by atoms with van der Waals surface area (Å²) in [6.45, 7) is 1.03. The van der Waals surface area contributed by atoms with Crippen molar-refractivity contribution in [3.63, 3.8) is 0 Å². The third-order valence-electron chi connectivity index (χ3n) is 4.81. The topological polar surface area (TPSA) is 80.0 Å². The molecule has 0 bridgehead atoms. The van der Waals surface area contributed by atoms with Gasteiger partial charge in [-0.15, -0.1) is 0 Å². The third kappa shape index (κ3) is 4.88. The lowest BCUT2D eigenvalue weighted by Crippen LogP contribution is -2.51. The largest absolute Gasteiger partial charge is 0.416 e. The zero-order valence-electron chi connectivity index (χ0n) is 16.1. The van der Waals surface area contributed by atoms with Gasteiger partial charge in [0, 0.05) is 17.2 Å². The van der Waals surface area contributed by atoms with Crippen LogP contribution in [0.2, 0.25) is 0 Å². The molecule has 0 aliphatic heterocycles. The molecule has 0 aliphatic carbocycles. The molecule has 0 saturated heterocycles. The number of aromatic nitrogens is 3. The van der Waals surface area contributed by atoms with E-state index in [1.54, 1.807) is 0 Å². The predicted octanol–water partition coefficient (Wildman–Crippen LogP) is 3.28. The summed E-state index contributed by atoms with van der Waals surface area (Å²) in [4.78, 5) is 16.3. The van der Waals surface area contributed by atoms with Gasteiger partial charge in [-0.2, -0.15) is 18.3 Å². The Labute approximate surface area is 173 Å². The Morgan fingerprint density at radius 1 is 1.16 bits per heavy atom. The van der Waals surface area contributed by atoms with E-state index in [1.807, 2.05) is 0 Å². The van der Waals surface area contributed by atoms with Crippen LogP contribution in [0.3, 0.4) is 0 Å².